The van der Waals surface area contributed by atoms with Gasteiger partial charge in [-0.1, -0.05) is 68.7 Å². The Balaban J connectivity index is 1.46. The van der Waals surface area contributed by atoms with E-state index < -0.39 is 0 Å². The highest BCUT2D eigenvalue weighted by Gasteiger charge is 2.51. The predicted molar refractivity (Wildman–Crippen MR) is 139 cm³/mol. The lowest BCUT2D eigenvalue weighted by Crippen LogP contribution is -2.48. The van der Waals surface area contributed by atoms with Crippen LogP contribution in [0.25, 0.3) is 0 Å². The molecule has 0 bridgehead atoms. The molecule has 1 amide bonds. The Hall–Kier alpha value is -2.03. The van der Waals surface area contributed by atoms with Gasteiger partial charge < -0.3 is 4.74 Å². The van der Waals surface area contributed by atoms with E-state index in [1.54, 1.807) is 5.57 Å². The molecule has 2 aliphatic rings. The van der Waals surface area contributed by atoms with Gasteiger partial charge in [-0.25, -0.2) is 4.79 Å². The molecule has 0 spiro atoms. The fourth-order valence-corrected chi connectivity index (χ4v) is 6.64. The van der Waals surface area contributed by atoms with E-state index >= 15 is 0 Å². The number of hydrogen-bond donors (Lipinski definition) is 1. The molecule has 3 rings (SSSR count). The Kier molecular flexibility index (Phi) is 8.48. The lowest BCUT2D eigenvalue weighted by Gasteiger charge is -2.57. The van der Waals surface area contributed by atoms with E-state index in [9.17, 15) is 4.79 Å². The summed E-state index contributed by atoms with van der Waals surface area (Å²) in [6, 6.07) is 9.43. The van der Waals surface area contributed by atoms with E-state index in [1.807, 2.05) is 37.3 Å². The van der Waals surface area contributed by atoms with Crippen LogP contribution in [0.4, 0.5) is 10.5 Å². The zero-order chi connectivity index (χ0) is 24.1. The van der Waals surface area contributed by atoms with Crippen molar-refractivity contribution in [2.75, 3.05) is 5.32 Å². The van der Waals surface area contributed by atoms with Crippen molar-refractivity contribution in [2.24, 2.45) is 22.7 Å². The number of carbonyl (C=O) groups is 1. The van der Waals surface area contributed by atoms with Crippen LogP contribution in [0.15, 0.2) is 53.6 Å². The minimum Gasteiger partial charge on any atom is -0.446 e. The molecule has 1 fully saturated rings. The predicted octanol–water partition coefficient (Wildman–Crippen LogP) is 8.93. The zero-order valence-corrected chi connectivity index (χ0v) is 21.7. The molecule has 0 aliphatic heterocycles. The highest BCUT2D eigenvalue weighted by molar-refractivity contribution is 5.84. The van der Waals surface area contributed by atoms with Crippen LogP contribution in [0, 0.1) is 22.7 Å². The van der Waals surface area contributed by atoms with E-state index in [0.29, 0.717) is 16.7 Å². The summed E-state index contributed by atoms with van der Waals surface area (Å²) < 4.78 is 5.51. The summed E-state index contributed by atoms with van der Waals surface area (Å²) in [5.74, 6) is 1.50. The fourth-order valence-electron chi connectivity index (χ4n) is 6.64. The molecule has 1 N–H and O–H groups in total. The summed E-state index contributed by atoms with van der Waals surface area (Å²) in [4.78, 5) is 12.1. The second kappa shape index (κ2) is 10.9. The quantitative estimate of drug-likeness (QED) is 0.401. The van der Waals surface area contributed by atoms with Gasteiger partial charge in [0.2, 0.25) is 0 Å². The number of nitrogens with one attached hydrogen (secondary N) is 1. The van der Waals surface area contributed by atoms with E-state index in [2.05, 4.69) is 52.1 Å². The molecule has 3 heteroatoms. The number of benzene rings is 1. The second-order valence-electron chi connectivity index (χ2n) is 11.5. The maximum absolute atomic E-state index is 12.1. The Morgan fingerprint density at radius 2 is 1.94 bits per heavy atom. The lowest BCUT2D eigenvalue weighted by molar-refractivity contribution is -0.0390. The largest absolute Gasteiger partial charge is 0.446 e. The molecule has 0 saturated heterocycles. The van der Waals surface area contributed by atoms with E-state index in [0.717, 1.165) is 30.9 Å². The Labute approximate surface area is 202 Å². The van der Waals surface area contributed by atoms with Crippen molar-refractivity contribution in [3.8, 4) is 0 Å². The summed E-state index contributed by atoms with van der Waals surface area (Å²) >= 11 is 0. The van der Waals surface area contributed by atoms with Gasteiger partial charge >= 0.3 is 6.09 Å². The van der Waals surface area contributed by atoms with E-state index in [1.165, 1.54) is 37.7 Å². The highest BCUT2D eigenvalue weighted by atomic mass is 16.6. The molecule has 0 radical (unpaired) electrons. The normalized spacial score (nSPS) is 27.8. The van der Waals surface area contributed by atoms with Crippen LogP contribution >= 0.6 is 0 Å². The molecule has 4 atom stereocenters. The third-order valence-electron chi connectivity index (χ3n) is 8.52. The number of para-hydroxylation sites is 1. The number of amides is 1. The summed E-state index contributed by atoms with van der Waals surface area (Å²) in [5.41, 5.74) is 4.73. The third kappa shape index (κ3) is 6.52. The van der Waals surface area contributed by atoms with Gasteiger partial charge in [0.05, 0.1) is 0 Å². The lowest BCUT2D eigenvalue weighted by atomic mass is 9.48. The molecule has 0 unspecified atom stereocenters. The van der Waals surface area contributed by atoms with Crippen LogP contribution in [0.2, 0.25) is 0 Å². The molecule has 0 aromatic heterocycles. The van der Waals surface area contributed by atoms with Gasteiger partial charge in [-0.2, -0.15) is 0 Å². The zero-order valence-electron chi connectivity index (χ0n) is 21.7. The number of carbonyl (C=O) groups excluding carboxylic acids is 1. The first-order valence-corrected chi connectivity index (χ1v) is 13.0. The molecule has 1 saturated carbocycles. The average Bonchev–Trinajstić information content (AvgIpc) is 2.73. The van der Waals surface area contributed by atoms with Crippen molar-refractivity contribution in [1.29, 1.82) is 0 Å². The smallest absolute Gasteiger partial charge is 0.411 e. The maximum Gasteiger partial charge on any atom is 0.411 e. The third-order valence-corrected chi connectivity index (χ3v) is 8.52. The van der Waals surface area contributed by atoms with E-state index in [-0.39, 0.29) is 12.2 Å². The van der Waals surface area contributed by atoms with Gasteiger partial charge in [-0.15, -0.1) is 0 Å². The molecule has 0 heterocycles. The average molecular weight is 452 g/mol. The molecule has 3 nitrogen and oxygen atoms in total. The van der Waals surface area contributed by atoms with Crippen LogP contribution in [0.1, 0.15) is 92.9 Å². The molecule has 2 aliphatic carbocycles. The van der Waals surface area contributed by atoms with Gasteiger partial charge in [0.15, 0.2) is 0 Å². The standard InChI is InChI=1S/C30H45NO2/c1-22(12-10-13-24(3)33-28(32)31-25-14-8-7-9-15-25)16-18-26-23(2)17-19-27-29(4,5)20-11-21-30(26,27)6/h7-9,12,14-15,17,24,26-27H,10-11,13,16,18-21H2,1-6H3,(H,31,32)/b22-12+/t24-,26-,27+,30-/m1/s1. The van der Waals surface area contributed by atoms with Gasteiger partial charge in [-0.3, -0.25) is 5.32 Å². The van der Waals surface area contributed by atoms with Crippen molar-refractivity contribution in [3.63, 3.8) is 0 Å². The number of fused-ring (bicyclic) bond motifs is 1. The number of hydrogen-bond acceptors (Lipinski definition) is 2. The highest BCUT2D eigenvalue weighted by Crippen LogP contribution is 2.60. The Morgan fingerprint density at radius 3 is 2.67 bits per heavy atom. The minimum atomic E-state index is -0.382. The first-order valence-electron chi connectivity index (χ1n) is 13.0. The van der Waals surface area contributed by atoms with Crippen LogP contribution in [-0.2, 0) is 4.74 Å². The van der Waals surface area contributed by atoms with Gasteiger partial charge in [0, 0.05) is 5.69 Å². The SMILES string of the molecule is CC1=CC[C@H]2C(C)(C)CCC[C@]2(C)[C@@H]1CC/C(C)=C/CC[C@@H](C)OC(=O)Nc1ccccc1. The van der Waals surface area contributed by atoms with Crippen molar-refractivity contribution >= 4 is 11.8 Å². The molecule has 182 valence electrons. The fraction of sp³-hybridized carbons (Fsp3) is 0.633. The van der Waals surface area contributed by atoms with Crippen LogP contribution in [0.5, 0.6) is 0 Å². The van der Waals surface area contributed by atoms with E-state index in [4.69, 9.17) is 4.74 Å². The summed E-state index contributed by atoms with van der Waals surface area (Å²) in [5, 5.41) is 2.78. The molecular formula is C30H45NO2. The van der Waals surface area contributed by atoms with Crippen molar-refractivity contribution in [1.82, 2.24) is 0 Å². The first-order chi connectivity index (χ1) is 15.6. The number of anilines is 1. The summed E-state index contributed by atoms with van der Waals surface area (Å²) in [6.07, 6.45) is 14.0. The monoisotopic (exact) mass is 451 g/mol. The maximum atomic E-state index is 12.1. The van der Waals surface area contributed by atoms with Crippen molar-refractivity contribution in [3.05, 3.63) is 53.6 Å². The minimum absolute atomic E-state index is 0.106. The first kappa shape index (κ1) is 25.6. The molecule has 1 aromatic carbocycles. The number of allylic oxidation sites excluding steroid dienone is 4. The van der Waals surface area contributed by atoms with Crippen molar-refractivity contribution < 1.29 is 9.53 Å². The molecule has 1 aromatic rings. The van der Waals surface area contributed by atoms with Crippen molar-refractivity contribution in [2.45, 2.75) is 99.0 Å². The molecular weight excluding hydrogens is 406 g/mol. The Bertz CT molecular complexity index is 853. The summed E-state index contributed by atoms with van der Waals surface area (Å²) in [6.45, 7) is 14.2. The molecule has 33 heavy (non-hydrogen) atoms. The number of ether oxygens (including phenoxy) is 1. The van der Waals surface area contributed by atoms with Crippen LogP contribution in [0.3, 0.4) is 0 Å². The Morgan fingerprint density at radius 1 is 1.21 bits per heavy atom. The number of rotatable bonds is 8. The van der Waals surface area contributed by atoms with Gasteiger partial charge in [-0.05, 0) is 101 Å². The van der Waals surface area contributed by atoms with Gasteiger partial charge in [0.1, 0.15) is 6.10 Å². The van der Waals surface area contributed by atoms with Crippen LogP contribution in [-0.4, -0.2) is 12.2 Å². The van der Waals surface area contributed by atoms with Gasteiger partial charge in [0.25, 0.3) is 0 Å². The van der Waals surface area contributed by atoms with Crippen LogP contribution < -0.4 is 5.32 Å². The summed E-state index contributed by atoms with van der Waals surface area (Å²) in [7, 11) is 0. The topological polar surface area (TPSA) is 38.3 Å². The second-order valence-corrected chi connectivity index (χ2v) is 11.5.